The summed E-state index contributed by atoms with van der Waals surface area (Å²) < 4.78 is 5.65. The number of rotatable bonds is 5. The molecule has 1 aromatic heterocycles. The molecule has 2 aliphatic heterocycles. The normalized spacial score (nSPS) is 21.0. The number of hydrogen-bond acceptors (Lipinski definition) is 4. The molecule has 27 heavy (non-hydrogen) atoms. The molecule has 0 unspecified atom stereocenters. The van der Waals surface area contributed by atoms with Gasteiger partial charge in [0.1, 0.15) is 6.10 Å². The Morgan fingerprint density at radius 2 is 1.96 bits per heavy atom. The average molecular weight is 373 g/mol. The SMILES string of the molecule is CC(C)O[C@H](C)C(=O)N1CCC2(CCC(=O)N(Cc3ccccn3)C2)CC1. The Kier molecular flexibility index (Phi) is 6.15. The monoisotopic (exact) mass is 373 g/mol. The first-order valence-corrected chi connectivity index (χ1v) is 10.0. The molecule has 0 radical (unpaired) electrons. The van der Waals surface area contributed by atoms with Crippen molar-refractivity contribution in [3.8, 4) is 0 Å². The molecular weight excluding hydrogens is 342 g/mol. The van der Waals surface area contributed by atoms with E-state index >= 15 is 0 Å². The first-order valence-electron chi connectivity index (χ1n) is 10.0. The number of pyridine rings is 1. The van der Waals surface area contributed by atoms with Gasteiger partial charge in [0.15, 0.2) is 0 Å². The number of carbonyl (C=O) groups is 2. The third-order valence-electron chi connectivity index (χ3n) is 5.79. The lowest BCUT2D eigenvalue weighted by Crippen LogP contribution is -2.53. The van der Waals surface area contributed by atoms with Crippen molar-refractivity contribution in [2.45, 2.75) is 65.2 Å². The minimum Gasteiger partial charge on any atom is -0.366 e. The van der Waals surface area contributed by atoms with Gasteiger partial charge in [0.2, 0.25) is 5.91 Å². The second-order valence-corrected chi connectivity index (χ2v) is 8.22. The highest BCUT2D eigenvalue weighted by molar-refractivity contribution is 5.80. The molecule has 2 saturated heterocycles. The number of piperidine rings is 2. The van der Waals surface area contributed by atoms with E-state index in [1.807, 2.05) is 48.8 Å². The molecule has 0 N–H and O–H groups in total. The minimum atomic E-state index is -0.396. The predicted molar refractivity (Wildman–Crippen MR) is 103 cm³/mol. The summed E-state index contributed by atoms with van der Waals surface area (Å²) in [5.74, 6) is 0.291. The van der Waals surface area contributed by atoms with E-state index in [1.165, 1.54) is 0 Å². The fourth-order valence-corrected chi connectivity index (χ4v) is 4.27. The van der Waals surface area contributed by atoms with Gasteiger partial charge >= 0.3 is 0 Å². The minimum absolute atomic E-state index is 0.0459. The van der Waals surface area contributed by atoms with E-state index in [-0.39, 0.29) is 23.3 Å². The maximum Gasteiger partial charge on any atom is 0.251 e. The smallest absolute Gasteiger partial charge is 0.251 e. The molecule has 0 aromatic carbocycles. The van der Waals surface area contributed by atoms with E-state index < -0.39 is 6.10 Å². The molecule has 2 aliphatic rings. The number of nitrogens with zero attached hydrogens (tertiary/aromatic N) is 3. The van der Waals surface area contributed by atoms with Crippen molar-refractivity contribution in [3.63, 3.8) is 0 Å². The molecule has 0 bridgehead atoms. The molecular formula is C21H31N3O3. The highest BCUT2D eigenvalue weighted by atomic mass is 16.5. The summed E-state index contributed by atoms with van der Waals surface area (Å²) >= 11 is 0. The van der Waals surface area contributed by atoms with Crippen LogP contribution in [0, 0.1) is 5.41 Å². The van der Waals surface area contributed by atoms with Crippen LogP contribution in [0.15, 0.2) is 24.4 Å². The second-order valence-electron chi connectivity index (χ2n) is 8.22. The van der Waals surface area contributed by atoms with E-state index in [9.17, 15) is 9.59 Å². The third-order valence-corrected chi connectivity index (χ3v) is 5.79. The Morgan fingerprint density at radius 3 is 2.59 bits per heavy atom. The molecule has 6 nitrogen and oxygen atoms in total. The van der Waals surface area contributed by atoms with Crippen molar-refractivity contribution in [1.29, 1.82) is 0 Å². The average Bonchev–Trinajstić information content (AvgIpc) is 2.65. The molecule has 3 rings (SSSR count). The maximum absolute atomic E-state index is 12.6. The summed E-state index contributed by atoms with van der Waals surface area (Å²) in [6, 6.07) is 5.81. The van der Waals surface area contributed by atoms with Gasteiger partial charge in [-0.15, -0.1) is 0 Å². The van der Waals surface area contributed by atoms with E-state index in [4.69, 9.17) is 4.74 Å². The second kappa shape index (κ2) is 8.38. The number of ether oxygens (including phenoxy) is 1. The van der Waals surface area contributed by atoms with E-state index in [0.717, 1.165) is 44.6 Å². The Morgan fingerprint density at radius 1 is 1.22 bits per heavy atom. The third kappa shape index (κ3) is 4.86. The highest BCUT2D eigenvalue weighted by Crippen LogP contribution is 2.40. The molecule has 1 spiro atoms. The van der Waals surface area contributed by atoms with Crippen LogP contribution in [0.1, 0.15) is 52.1 Å². The van der Waals surface area contributed by atoms with Gasteiger partial charge in [-0.25, -0.2) is 0 Å². The van der Waals surface area contributed by atoms with E-state index in [1.54, 1.807) is 6.20 Å². The Bertz CT molecular complexity index is 654. The lowest BCUT2D eigenvalue weighted by Gasteiger charge is -2.47. The Labute approximate surface area is 161 Å². The van der Waals surface area contributed by atoms with Crippen LogP contribution >= 0.6 is 0 Å². The van der Waals surface area contributed by atoms with Crippen molar-refractivity contribution in [1.82, 2.24) is 14.8 Å². The standard InChI is InChI=1S/C21H31N3O3/c1-16(2)27-17(3)20(26)23-12-9-21(10-13-23)8-7-19(25)24(15-21)14-18-6-4-5-11-22-18/h4-6,11,16-17H,7-10,12-15H2,1-3H3/t17-/m1/s1. The molecule has 0 saturated carbocycles. The summed E-state index contributed by atoms with van der Waals surface area (Å²) in [5.41, 5.74) is 1.05. The fourth-order valence-electron chi connectivity index (χ4n) is 4.27. The van der Waals surface area contributed by atoms with Gasteiger partial charge in [0.25, 0.3) is 5.91 Å². The zero-order valence-electron chi connectivity index (χ0n) is 16.7. The van der Waals surface area contributed by atoms with Crippen LogP contribution in [0.4, 0.5) is 0 Å². The van der Waals surface area contributed by atoms with Crippen LogP contribution in [0.3, 0.4) is 0 Å². The van der Waals surface area contributed by atoms with Gasteiger partial charge in [0.05, 0.1) is 18.3 Å². The van der Waals surface area contributed by atoms with Crippen molar-refractivity contribution in [2.24, 2.45) is 5.41 Å². The van der Waals surface area contributed by atoms with Crippen LogP contribution < -0.4 is 0 Å². The zero-order valence-corrected chi connectivity index (χ0v) is 16.7. The summed E-state index contributed by atoms with van der Waals surface area (Å²) in [5, 5.41) is 0. The van der Waals surface area contributed by atoms with Gasteiger partial charge in [-0.2, -0.15) is 0 Å². The fraction of sp³-hybridized carbons (Fsp3) is 0.667. The summed E-state index contributed by atoms with van der Waals surface area (Å²) in [7, 11) is 0. The number of hydrogen-bond donors (Lipinski definition) is 0. The molecule has 6 heteroatoms. The van der Waals surface area contributed by atoms with Gasteiger partial charge in [0, 0.05) is 32.3 Å². The van der Waals surface area contributed by atoms with Crippen LogP contribution in [-0.4, -0.2) is 58.4 Å². The summed E-state index contributed by atoms with van der Waals surface area (Å²) in [6.07, 6.45) is 4.82. The largest absolute Gasteiger partial charge is 0.366 e. The van der Waals surface area contributed by atoms with Crippen molar-refractivity contribution in [2.75, 3.05) is 19.6 Å². The predicted octanol–water partition coefficient (Wildman–Crippen LogP) is 2.63. The van der Waals surface area contributed by atoms with Crippen molar-refractivity contribution < 1.29 is 14.3 Å². The summed E-state index contributed by atoms with van der Waals surface area (Å²) in [6.45, 7) is 8.56. The van der Waals surface area contributed by atoms with Crippen LogP contribution in [0.5, 0.6) is 0 Å². The topological polar surface area (TPSA) is 62.7 Å². The van der Waals surface area contributed by atoms with E-state index in [0.29, 0.717) is 13.0 Å². The highest BCUT2D eigenvalue weighted by Gasteiger charge is 2.42. The van der Waals surface area contributed by atoms with Gasteiger partial charge in [-0.3, -0.25) is 14.6 Å². The Hall–Kier alpha value is -1.95. The summed E-state index contributed by atoms with van der Waals surface area (Å²) in [4.78, 5) is 33.2. The lowest BCUT2D eigenvalue weighted by atomic mass is 9.72. The lowest BCUT2D eigenvalue weighted by molar-refractivity contribution is -0.150. The number of amides is 2. The van der Waals surface area contributed by atoms with Crippen LogP contribution in [0.25, 0.3) is 0 Å². The van der Waals surface area contributed by atoms with Crippen molar-refractivity contribution >= 4 is 11.8 Å². The molecule has 0 aliphatic carbocycles. The molecule has 2 amide bonds. The molecule has 1 aromatic rings. The first kappa shape index (κ1) is 19.8. The Balaban J connectivity index is 1.58. The van der Waals surface area contributed by atoms with Gasteiger partial charge in [-0.1, -0.05) is 6.07 Å². The van der Waals surface area contributed by atoms with Gasteiger partial charge in [-0.05, 0) is 57.6 Å². The molecule has 148 valence electrons. The van der Waals surface area contributed by atoms with E-state index in [2.05, 4.69) is 4.98 Å². The van der Waals surface area contributed by atoms with Crippen molar-refractivity contribution in [3.05, 3.63) is 30.1 Å². The maximum atomic E-state index is 12.6. The first-order chi connectivity index (χ1) is 12.9. The van der Waals surface area contributed by atoms with Crippen LogP contribution in [0.2, 0.25) is 0 Å². The molecule has 3 heterocycles. The quantitative estimate of drug-likeness (QED) is 0.796. The number of aromatic nitrogens is 1. The van der Waals surface area contributed by atoms with Gasteiger partial charge < -0.3 is 14.5 Å². The molecule has 2 fully saturated rings. The van der Waals surface area contributed by atoms with Crippen LogP contribution in [-0.2, 0) is 20.9 Å². The number of likely N-dealkylation sites (tertiary alicyclic amines) is 2. The number of carbonyl (C=O) groups excluding carboxylic acids is 2. The zero-order chi connectivity index (χ0) is 19.4. The molecule has 1 atom stereocenters.